The van der Waals surface area contributed by atoms with Crippen LogP contribution in [0.3, 0.4) is 0 Å². The number of hydrogen-bond donors (Lipinski definition) is 2. The van der Waals surface area contributed by atoms with Crippen LogP contribution in [0.25, 0.3) is 0 Å². The number of H-pyrrole nitrogens is 1. The predicted octanol–water partition coefficient (Wildman–Crippen LogP) is 0.630. The van der Waals surface area contributed by atoms with E-state index in [1.807, 2.05) is 0 Å². The van der Waals surface area contributed by atoms with Crippen molar-refractivity contribution in [3.63, 3.8) is 0 Å². The number of amides is 1. The second-order valence-electron chi connectivity index (χ2n) is 4.34. The molecule has 1 amide bonds. The van der Waals surface area contributed by atoms with Crippen LogP contribution in [-0.4, -0.2) is 36.9 Å². The average Bonchev–Trinajstić information content (AvgIpc) is 3.02. The summed E-state index contributed by atoms with van der Waals surface area (Å²) >= 11 is 0. The van der Waals surface area contributed by atoms with Crippen molar-refractivity contribution in [1.82, 2.24) is 10.3 Å². The van der Waals surface area contributed by atoms with Gasteiger partial charge in [0.15, 0.2) is 9.84 Å². The van der Waals surface area contributed by atoms with E-state index < -0.39 is 9.84 Å². The van der Waals surface area contributed by atoms with Gasteiger partial charge in [0.1, 0.15) is 0 Å². The number of rotatable bonds is 5. The molecule has 6 heteroatoms. The standard InChI is InChI=1S/C11H16N2O3S/c1-8-10(4-5-12-8)11(14)13-6-7-17(15,16)9-2-3-9/h4-5,9,12H,2-3,6-7H2,1H3,(H,13,14). The van der Waals surface area contributed by atoms with Crippen molar-refractivity contribution in [2.45, 2.75) is 25.0 Å². The Kier molecular flexibility index (Phi) is 3.24. The summed E-state index contributed by atoms with van der Waals surface area (Å²) in [5.74, 6) is -0.192. The van der Waals surface area contributed by atoms with Gasteiger partial charge in [-0.15, -0.1) is 0 Å². The molecule has 0 unspecified atom stereocenters. The Morgan fingerprint density at radius 3 is 2.76 bits per heavy atom. The summed E-state index contributed by atoms with van der Waals surface area (Å²) < 4.78 is 23.1. The van der Waals surface area contributed by atoms with E-state index in [2.05, 4.69) is 10.3 Å². The third-order valence-electron chi connectivity index (χ3n) is 2.90. The van der Waals surface area contributed by atoms with Crippen LogP contribution in [0.4, 0.5) is 0 Å². The van der Waals surface area contributed by atoms with E-state index in [0.717, 1.165) is 18.5 Å². The van der Waals surface area contributed by atoms with Crippen molar-refractivity contribution in [1.29, 1.82) is 0 Å². The van der Waals surface area contributed by atoms with Crippen LogP contribution in [-0.2, 0) is 9.84 Å². The molecule has 0 aromatic carbocycles. The molecular formula is C11H16N2O3S. The lowest BCUT2D eigenvalue weighted by atomic mass is 10.2. The lowest BCUT2D eigenvalue weighted by Gasteiger charge is -2.05. The van der Waals surface area contributed by atoms with Crippen molar-refractivity contribution in [3.8, 4) is 0 Å². The Hall–Kier alpha value is -1.30. The molecule has 1 aliphatic rings. The summed E-state index contributed by atoms with van der Waals surface area (Å²) in [5.41, 5.74) is 1.35. The van der Waals surface area contributed by atoms with Crippen molar-refractivity contribution in [2.24, 2.45) is 0 Å². The van der Waals surface area contributed by atoms with Gasteiger partial charge in [0.05, 0.1) is 16.6 Å². The number of aromatic nitrogens is 1. The molecule has 1 fully saturated rings. The van der Waals surface area contributed by atoms with E-state index in [9.17, 15) is 13.2 Å². The minimum Gasteiger partial charge on any atom is -0.365 e. The second kappa shape index (κ2) is 4.52. The maximum absolute atomic E-state index is 11.7. The number of carbonyl (C=O) groups is 1. The Morgan fingerprint density at radius 1 is 1.53 bits per heavy atom. The third-order valence-corrected chi connectivity index (χ3v) is 5.16. The fourth-order valence-electron chi connectivity index (χ4n) is 1.69. The fourth-order valence-corrected chi connectivity index (χ4v) is 3.27. The van der Waals surface area contributed by atoms with Crippen molar-refractivity contribution < 1.29 is 13.2 Å². The molecule has 5 nitrogen and oxygen atoms in total. The van der Waals surface area contributed by atoms with Gasteiger partial charge in [0, 0.05) is 18.4 Å². The van der Waals surface area contributed by atoms with Crippen LogP contribution in [0.15, 0.2) is 12.3 Å². The van der Waals surface area contributed by atoms with E-state index in [1.165, 1.54) is 0 Å². The zero-order valence-electron chi connectivity index (χ0n) is 9.69. The highest BCUT2D eigenvalue weighted by Crippen LogP contribution is 2.28. The van der Waals surface area contributed by atoms with Gasteiger partial charge in [-0.05, 0) is 25.8 Å². The van der Waals surface area contributed by atoms with Crippen LogP contribution in [0.5, 0.6) is 0 Å². The Labute approximate surface area is 101 Å². The van der Waals surface area contributed by atoms with Gasteiger partial charge in [0.2, 0.25) is 0 Å². The normalized spacial score (nSPS) is 15.8. The molecule has 17 heavy (non-hydrogen) atoms. The van der Waals surface area contributed by atoms with Gasteiger partial charge >= 0.3 is 0 Å². The summed E-state index contributed by atoms with van der Waals surface area (Å²) in [6.07, 6.45) is 3.23. The van der Waals surface area contributed by atoms with Gasteiger partial charge < -0.3 is 10.3 Å². The van der Waals surface area contributed by atoms with Gasteiger partial charge in [-0.1, -0.05) is 0 Å². The molecular weight excluding hydrogens is 240 g/mol. The van der Waals surface area contributed by atoms with Crippen molar-refractivity contribution in [3.05, 3.63) is 23.5 Å². The molecule has 2 rings (SSSR count). The molecule has 0 radical (unpaired) electrons. The zero-order chi connectivity index (χ0) is 12.5. The number of hydrogen-bond acceptors (Lipinski definition) is 3. The van der Waals surface area contributed by atoms with Gasteiger partial charge in [-0.25, -0.2) is 8.42 Å². The molecule has 0 aliphatic heterocycles. The minimum absolute atomic E-state index is 0.0346. The zero-order valence-corrected chi connectivity index (χ0v) is 10.5. The third kappa shape index (κ3) is 2.88. The number of carbonyl (C=O) groups excluding carboxylic acids is 1. The number of aryl methyl sites for hydroxylation is 1. The molecule has 0 bridgehead atoms. The lowest BCUT2D eigenvalue weighted by molar-refractivity contribution is 0.0955. The molecule has 2 N–H and O–H groups in total. The molecule has 1 saturated carbocycles. The second-order valence-corrected chi connectivity index (χ2v) is 6.74. The van der Waals surface area contributed by atoms with Gasteiger partial charge in [-0.3, -0.25) is 4.79 Å². The first kappa shape index (κ1) is 12.2. The summed E-state index contributed by atoms with van der Waals surface area (Å²) in [5, 5.41) is 2.47. The molecule has 94 valence electrons. The first-order valence-corrected chi connectivity index (χ1v) is 7.36. The highest BCUT2D eigenvalue weighted by Gasteiger charge is 2.35. The Balaban J connectivity index is 1.83. The van der Waals surface area contributed by atoms with E-state index in [4.69, 9.17) is 0 Å². The topological polar surface area (TPSA) is 79.0 Å². The molecule has 1 aromatic rings. The molecule has 1 heterocycles. The summed E-state index contributed by atoms with van der Waals surface area (Å²) in [6.45, 7) is 1.98. The predicted molar refractivity (Wildman–Crippen MR) is 64.7 cm³/mol. The highest BCUT2D eigenvalue weighted by atomic mass is 32.2. The van der Waals surface area contributed by atoms with E-state index in [-0.39, 0.29) is 23.5 Å². The maximum Gasteiger partial charge on any atom is 0.253 e. The lowest BCUT2D eigenvalue weighted by Crippen LogP contribution is -2.30. The summed E-state index contributed by atoms with van der Waals surface area (Å²) in [7, 11) is -2.98. The molecule has 1 aliphatic carbocycles. The average molecular weight is 256 g/mol. The van der Waals surface area contributed by atoms with Gasteiger partial charge in [-0.2, -0.15) is 0 Å². The molecule has 1 aromatic heterocycles. The van der Waals surface area contributed by atoms with Gasteiger partial charge in [0.25, 0.3) is 5.91 Å². The quantitative estimate of drug-likeness (QED) is 0.811. The van der Waals surface area contributed by atoms with Crippen LogP contribution < -0.4 is 5.32 Å². The van der Waals surface area contributed by atoms with Crippen LogP contribution >= 0.6 is 0 Å². The minimum atomic E-state index is -2.98. The number of nitrogens with one attached hydrogen (secondary N) is 2. The SMILES string of the molecule is Cc1[nH]ccc1C(=O)NCCS(=O)(=O)C1CC1. The smallest absolute Gasteiger partial charge is 0.253 e. The van der Waals surface area contributed by atoms with Crippen LogP contribution in [0, 0.1) is 6.92 Å². The molecule has 0 spiro atoms. The van der Waals surface area contributed by atoms with Crippen LogP contribution in [0.1, 0.15) is 28.9 Å². The van der Waals surface area contributed by atoms with E-state index in [0.29, 0.717) is 5.56 Å². The van der Waals surface area contributed by atoms with Crippen molar-refractivity contribution in [2.75, 3.05) is 12.3 Å². The Morgan fingerprint density at radius 2 is 2.24 bits per heavy atom. The first-order valence-electron chi connectivity index (χ1n) is 5.64. The number of aromatic amines is 1. The van der Waals surface area contributed by atoms with Crippen molar-refractivity contribution >= 4 is 15.7 Å². The summed E-state index contributed by atoms with van der Waals surface area (Å²) in [6, 6.07) is 1.68. The molecule has 0 atom stereocenters. The first-order chi connectivity index (χ1) is 8.00. The number of sulfone groups is 1. The monoisotopic (exact) mass is 256 g/mol. The largest absolute Gasteiger partial charge is 0.365 e. The molecule has 0 saturated heterocycles. The van der Waals surface area contributed by atoms with E-state index in [1.54, 1.807) is 19.2 Å². The fraction of sp³-hybridized carbons (Fsp3) is 0.545. The summed E-state index contributed by atoms with van der Waals surface area (Å²) in [4.78, 5) is 14.6. The van der Waals surface area contributed by atoms with E-state index >= 15 is 0 Å². The Bertz CT molecular complexity index is 515. The maximum atomic E-state index is 11.7. The van der Waals surface area contributed by atoms with Crippen LogP contribution in [0.2, 0.25) is 0 Å². The highest BCUT2D eigenvalue weighted by molar-refractivity contribution is 7.92.